The van der Waals surface area contributed by atoms with Gasteiger partial charge < -0.3 is 14.9 Å². The molecule has 1 aromatic rings. The summed E-state index contributed by atoms with van der Waals surface area (Å²) in [4.78, 5) is 22.9. The number of amides is 1. The molecule has 0 bridgehead atoms. The number of carboxylic acids is 1. The van der Waals surface area contributed by atoms with Crippen molar-refractivity contribution in [2.24, 2.45) is 0 Å². The zero-order valence-corrected chi connectivity index (χ0v) is 11.5. The summed E-state index contributed by atoms with van der Waals surface area (Å²) in [5.41, 5.74) is 0.672. The first-order valence-electron chi connectivity index (χ1n) is 6.46. The number of carboxylic acid groups (broad SMARTS) is 1. The van der Waals surface area contributed by atoms with Crippen LogP contribution in [0, 0.1) is 0 Å². The van der Waals surface area contributed by atoms with E-state index in [-0.39, 0.29) is 11.7 Å². The predicted molar refractivity (Wildman–Crippen MR) is 69.0 cm³/mol. The molecule has 0 saturated carbocycles. The van der Waals surface area contributed by atoms with E-state index in [0.29, 0.717) is 12.1 Å². The highest BCUT2D eigenvalue weighted by Crippen LogP contribution is 2.14. The van der Waals surface area contributed by atoms with E-state index >= 15 is 0 Å². The summed E-state index contributed by atoms with van der Waals surface area (Å²) in [6.07, 6.45) is 2.02. The lowest BCUT2D eigenvalue weighted by atomic mass is 10.1. The summed E-state index contributed by atoms with van der Waals surface area (Å²) in [5, 5.41) is 15.2. The highest BCUT2D eigenvalue weighted by Gasteiger charge is 2.22. The summed E-state index contributed by atoms with van der Waals surface area (Å²) in [5.74, 6) is -1.37. The number of hydrogen-bond acceptors (Lipinski definition) is 4. The van der Waals surface area contributed by atoms with Gasteiger partial charge in [-0.25, -0.2) is 4.79 Å². The molecule has 0 aliphatic rings. The zero-order chi connectivity index (χ0) is 14.4. The van der Waals surface area contributed by atoms with Crippen LogP contribution in [0.15, 0.2) is 10.6 Å². The largest absolute Gasteiger partial charge is 0.480 e. The molecule has 0 aromatic carbocycles. The fourth-order valence-electron chi connectivity index (χ4n) is 1.56. The highest BCUT2D eigenvalue weighted by molar-refractivity contribution is 5.94. The number of hydrogen-bond donors (Lipinski definition) is 2. The second-order valence-electron chi connectivity index (χ2n) is 4.78. The van der Waals surface area contributed by atoms with E-state index in [4.69, 9.17) is 9.63 Å². The summed E-state index contributed by atoms with van der Waals surface area (Å²) in [6, 6.07) is 0.652. The Labute approximate surface area is 112 Å². The smallest absolute Gasteiger partial charge is 0.326 e. The number of carbonyl (C=O) groups excluding carboxylic acids is 1. The average Bonchev–Trinajstić information content (AvgIpc) is 2.83. The third-order valence-corrected chi connectivity index (χ3v) is 2.79. The van der Waals surface area contributed by atoms with Crippen molar-refractivity contribution in [2.75, 3.05) is 0 Å². The molecule has 0 spiro atoms. The van der Waals surface area contributed by atoms with E-state index in [2.05, 4.69) is 10.5 Å². The van der Waals surface area contributed by atoms with Crippen molar-refractivity contribution in [3.8, 4) is 0 Å². The van der Waals surface area contributed by atoms with Crippen LogP contribution in [0.5, 0.6) is 0 Å². The minimum absolute atomic E-state index is 0.0476. The van der Waals surface area contributed by atoms with E-state index in [9.17, 15) is 9.59 Å². The first-order valence-corrected chi connectivity index (χ1v) is 6.46. The normalized spacial score (nSPS) is 12.4. The molecular formula is C13H20N2O4. The Morgan fingerprint density at radius 3 is 2.63 bits per heavy atom. The maximum absolute atomic E-state index is 11.9. The Hall–Kier alpha value is -1.85. The molecule has 1 heterocycles. The van der Waals surface area contributed by atoms with Crippen LogP contribution in [0.2, 0.25) is 0 Å². The molecular weight excluding hydrogens is 248 g/mol. The van der Waals surface area contributed by atoms with E-state index < -0.39 is 17.9 Å². The van der Waals surface area contributed by atoms with Gasteiger partial charge in [0.25, 0.3) is 5.91 Å². The van der Waals surface area contributed by atoms with Crippen molar-refractivity contribution in [3.05, 3.63) is 17.5 Å². The molecule has 0 fully saturated rings. The lowest BCUT2D eigenvalue weighted by molar-refractivity contribution is -0.139. The second-order valence-corrected chi connectivity index (χ2v) is 4.78. The lowest BCUT2D eigenvalue weighted by Gasteiger charge is -2.12. The van der Waals surface area contributed by atoms with Crippen molar-refractivity contribution in [3.63, 3.8) is 0 Å². The van der Waals surface area contributed by atoms with Gasteiger partial charge in [-0.3, -0.25) is 4.79 Å². The third kappa shape index (κ3) is 4.39. The SMILES string of the molecule is CCCC[C@H](NC(=O)c1cc(C(C)C)no1)C(=O)O. The van der Waals surface area contributed by atoms with E-state index in [0.717, 1.165) is 12.8 Å². The Bertz CT molecular complexity index is 440. The molecule has 1 amide bonds. The Balaban J connectivity index is 2.67. The van der Waals surface area contributed by atoms with Crippen LogP contribution in [-0.4, -0.2) is 28.2 Å². The summed E-state index contributed by atoms with van der Waals surface area (Å²) in [6.45, 7) is 5.83. The van der Waals surface area contributed by atoms with Gasteiger partial charge in [-0.15, -0.1) is 0 Å². The van der Waals surface area contributed by atoms with Crippen LogP contribution in [0.3, 0.4) is 0 Å². The van der Waals surface area contributed by atoms with Crippen LogP contribution >= 0.6 is 0 Å². The van der Waals surface area contributed by atoms with Gasteiger partial charge in [0, 0.05) is 6.07 Å². The van der Waals surface area contributed by atoms with Crippen LogP contribution in [0.1, 0.15) is 62.2 Å². The third-order valence-electron chi connectivity index (χ3n) is 2.79. The zero-order valence-electron chi connectivity index (χ0n) is 11.5. The van der Waals surface area contributed by atoms with Crippen LogP contribution in [0.4, 0.5) is 0 Å². The lowest BCUT2D eigenvalue weighted by Crippen LogP contribution is -2.40. The molecule has 0 aliphatic heterocycles. The number of rotatable bonds is 7. The number of nitrogens with zero attached hydrogens (tertiary/aromatic N) is 1. The van der Waals surface area contributed by atoms with Crippen molar-refractivity contribution >= 4 is 11.9 Å². The van der Waals surface area contributed by atoms with E-state index in [1.807, 2.05) is 20.8 Å². The number of nitrogens with one attached hydrogen (secondary N) is 1. The highest BCUT2D eigenvalue weighted by atomic mass is 16.5. The van der Waals surface area contributed by atoms with Gasteiger partial charge >= 0.3 is 5.97 Å². The molecule has 1 aromatic heterocycles. The topological polar surface area (TPSA) is 92.4 Å². The molecule has 0 saturated heterocycles. The van der Waals surface area contributed by atoms with Gasteiger partial charge in [-0.1, -0.05) is 38.8 Å². The van der Waals surface area contributed by atoms with Gasteiger partial charge in [-0.05, 0) is 12.3 Å². The summed E-state index contributed by atoms with van der Waals surface area (Å²) < 4.78 is 4.92. The molecule has 1 rings (SSSR count). The molecule has 1 atom stereocenters. The number of aromatic nitrogens is 1. The van der Waals surface area contributed by atoms with Crippen LogP contribution in [-0.2, 0) is 4.79 Å². The van der Waals surface area contributed by atoms with Gasteiger partial charge in [0.1, 0.15) is 6.04 Å². The second kappa shape index (κ2) is 6.92. The monoisotopic (exact) mass is 268 g/mol. The van der Waals surface area contributed by atoms with Gasteiger partial charge in [-0.2, -0.15) is 0 Å². The molecule has 19 heavy (non-hydrogen) atoms. The van der Waals surface area contributed by atoms with Crippen molar-refractivity contribution in [1.82, 2.24) is 10.5 Å². The predicted octanol–water partition coefficient (Wildman–Crippen LogP) is 2.17. The van der Waals surface area contributed by atoms with E-state index in [1.54, 1.807) is 6.07 Å². The average molecular weight is 268 g/mol. The number of carbonyl (C=O) groups is 2. The quantitative estimate of drug-likeness (QED) is 0.790. The minimum atomic E-state index is -1.04. The van der Waals surface area contributed by atoms with Gasteiger partial charge in [0.15, 0.2) is 0 Å². The fraction of sp³-hybridized carbons (Fsp3) is 0.615. The minimum Gasteiger partial charge on any atom is -0.480 e. The van der Waals surface area contributed by atoms with Crippen molar-refractivity contribution in [1.29, 1.82) is 0 Å². The van der Waals surface area contributed by atoms with Gasteiger partial charge in [0.05, 0.1) is 5.69 Å². The molecule has 0 aliphatic carbocycles. The Kier molecular flexibility index (Phi) is 5.54. The van der Waals surface area contributed by atoms with E-state index in [1.165, 1.54) is 0 Å². The number of aliphatic carboxylic acids is 1. The maximum atomic E-state index is 11.9. The van der Waals surface area contributed by atoms with Gasteiger partial charge in [0.2, 0.25) is 5.76 Å². The summed E-state index contributed by atoms with van der Waals surface area (Å²) >= 11 is 0. The fourth-order valence-corrected chi connectivity index (χ4v) is 1.56. The molecule has 2 N–H and O–H groups in total. The molecule has 0 unspecified atom stereocenters. The molecule has 106 valence electrons. The van der Waals surface area contributed by atoms with Crippen molar-refractivity contribution < 1.29 is 19.2 Å². The van der Waals surface area contributed by atoms with Crippen molar-refractivity contribution in [2.45, 2.75) is 52.0 Å². The van der Waals surface area contributed by atoms with Crippen LogP contribution < -0.4 is 5.32 Å². The maximum Gasteiger partial charge on any atom is 0.326 e. The Morgan fingerprint density at radius 2 is 2.16 bits per heavy atom. The first kappa shape index (κ1) is 15.2. The Morgan fingerprint density at radius 1 is 1.47 bits per heavy atom. The first-order chi connectivity index (χ1) is 8.95. The molecule has 6 heteroatoms. The number of unbranched alkanes of at least 4 members (excludes halogenated alkanes) is 1. The summed E-state index contributed by atoms with van der Waals surface area (Å²) in [7, 11) is 0. The molecule has 0 radical (unpaired) electrons. The molecule has 6 nitrogen and oxygen atoms in total. The standard InChI is InChI=1S/C13H20N2O4/c1-4-5-6-9(13(17)18)14-12(16)11-7-10(8(2)3)15-19-11/h7-9H,4-6H2,1-3H3,(H,14,16)(H,17,18)/t9-/m0/s1. The van der Waals surface area contributed by atoms with Crippen LogP contribution in [0.25, 0.3) is 0 Å².